The number of fused-ring (bicyclic) bond motifs is 1. The van der Waals surface area contributed by atoms with E-state index in [1.807, 2.05) is 35.2 Å². The van der Waals surface area contributed by atoms with Gasteiger partial charge < -0.3 is 15.0 Å². The Balaban J connectivity index is 1.45. The Bertz CT molecular complexity index is 1310. The molecule has 2 aliphatic heterocycles. The van der Waals surface area contributed by atoms with E-state index in [2.05, 4.69) is 28.3 Å². The minimum absolute atomic E-state index is 0.230. The van der Waals surface area contributed by atoms with Gasteiger partial charge in [-0.2, -0.15) is 10.2 Å². The minimum atomic E-state index is -1.04. The fraction of sp³-hybridized carbons (Fsp3) is 0.333. The van der Waals surface area contributed by atoms with Gasteiger partial charge in [-0.15, -0.1) is 0 Å². The van der Waals surface area contributed by atoms with Crippen LogP contribution in [0, 0.1) is 23.2 Å². The summed E-state index contributed by atoms with van der Waals surface area (Å²) in [6.45, 7) is 4.20. The van der Waals surface area contributed by atoms with Crippen LogP contribution in [-0.4, -0.2) is 29.0 Å². The largest absolute Gasteiger partial charge is 0.489 e. The lowest BCUT2D eigenvalue weighted by molar-refractivity contribution is -0.119. The molecular formula is C27H27N5O3. The van der Waals surface area contributed by atoms with Gasteiger partial charge in [0.25, 0.3) is 5.56 Å². The Kier molecular flexibility index (Phi) is 6.23. The van der Waals surface area contributed by atoms with Crippen LogP contribution in [0.15, 0.2) is 59.4 Å². The van der Waals surface area contributed by atoms with Crippen LogP contribution >= 0.6 is 0 Å². The third kappa shape index (κ3) is 4.62. The van der Waals surface area contributed by atoms with Gasteiger partial charge in [0.05, 0.1) is 11.6 Å². The summed E-state index contributed by atoms with van der Waals surface area (Å²) in [5, 5.41) is 12.5. The number of hydrogen-bond donors (Lipinski definition) is 2. The van der Waals surface area contributed by atoms with Crippen LogP contribution in [0.4, 0.5) is 11.8 Å². The Morgan fingerprint density at radius 2 is 1.91 bits per heavy atom. The first kappa shape index (κ1) is 22.7. The number of carbonyl (C=O) groups is 1. The van der Waals surface area contributed by atoms with Gasteiger partial charge in [0.2, 0.25) is 11.9 Å². The molecule has 1 aromatic heterocycles. The number of benzene rings is 2. The average molecular weight is 470 g/mol. The Morgan fingerprint density at radius 3 is 2.63 bits per heavy atom. The number of rotatable bonds is 5. The second-order valence-electron chi connectivity index (χ2n) is 9.26. The first-order valence-corrected chi connectivity index (χ1v) is 11.9. The molecule has 1 saturated heterocycles. The van der Waals surface area contributed by atoms with Crippen molar-refractivity contribution in [3.05, 3.63) is 81.6 Å². The Morgan fingerprint density at radius 1 is 1.14 bits per heavy atom. The molecule has 1 fully saturated rings. The lowest BCUT2D eigenvalue weighted by Gasteiger charge is -2.33. The smallest absolute Gasteiger partial charge is 0.258 e. The van der Waals surface area contributed by atoms with E-state index in [1.54, 1.807) is 24.3 Å². The van der Waals surface area contributed by atoms with Gasteiger partial charge in [-0.25, -0.2) is 0 Å². The molecule has 2 aromatic carbocycles. The average Bonchev–Trinajstić information content (AvgIpc) is 2.87. The summed E-state index contributed by atoms with van der Waals surface area (Å²) in [6.07, 6.45) is 2.16. The highest BCUT2D eigenvalue weighted by atomic mass is 16.5. The van der Waals surface area contributed by atoms with Crippen molar-refractivity contribution in [3.8, 4) is 11.8 Å². The number of hydrogen-bond acceptors (Lipinski definition) is 6. The first-order valence-electron chi connectivity index (χ1n) is 11.9. The number of ether oxygens (including phenoxy) is 1. The van der Waals surface area contributed by atoms with E-state index in [4.69, 9.17) is 4.74 Å². The van der Waals surface area contributed by atoms with E-state index in [9.17, 15) is 14.9 Å². The molecule has 178 valence electrons. The summed E-state index contributed by atoms with van der Waals surface area (Å²) in [4.78, 5) is 35.7. The van der Waals surface area contributed by atoms with E-state index >= 15 is 0 Å². The maximum Gasteiger partial charge on any atom is 0.258 e. The molecule has 0 bridgehead atoms. The van der Waals surface area contributed by atoms with Gasteiger partial charge in [-0.1, -0.05) is 49.4 Å². The molecule has 3 aromatic rings. The number of amides is 1. The third-order valence-corrected chi connectivity index (χ3v) is 6.69. The molecule has 3 unspecified atom stereocenters. The molecule has 0 saturated carbocycles. The van der Waals surface area contributed by atoms with Gasteiger partial charge in [0.15, 0.2) is 0 Å². The number of carbonyl (C=O) groups excluding carboxylic acids is 1. The van der Waals surface area contributed by atoms with Crippen molar-refractivity contribution < 1.29 is 9.53 Å². The molecule has 2 N–H and O–H groups in total. The topological polar surface area (TPSA) is 111 Å². The quantitative estimate of drug-likeness (QED) is 0.588. The van der Waals surface area contributed by atoms with E-state index < -0.39 is 17.7 Å². The summed E-state index contributed by atoms with van der Waals surface area (Å²) < 4.78 is 5.86. The molecule has 5 rings (SSSR count). The predicted molar refractivity (Wildman–Crippen MR) is 132 cm³/mol. The highest BCUT2D eigenvalue weighted by Crippen LogP contribution is 2.39. The number of nitriles is 1. The van der Waals surface area contributed by atoms with Gasteiger partial charge in [0.1, 0.15) is 24.1 Å². The van der Waals surface area contributed by atoms with Crippen LogP contribution < -0.4 is 20.5 Å². The third-order valence-electron chi connectivity index (χ3n) is 6.69. The molecule has 8 nitrogen and oxygen atoms in total. The zero-order chi connectivity index (χ0) is 24.4. The van der Waals surface area contributed by atoms with Crippen molar-refractivity contribution in [1.82, 2.24) is 9.97 Å². The van der Waals surface area contributed by atoms with E-state index in [0.717, 1.165) is 31.5 Å². The number of nitrogens with one attached hydrogen (secondary N) is 2. The summed E-state index contributed by atoms with van der Waals surface area (Å²) in [7, 11) is 0. The van der Waals surface area contributed by atoms with Crippen molar-refractivity contribution in [1.29, 1.82) is 5.26 Å². The molecule has 3 atom stereocenters. The zero-order valence-corrected chi connectivity index (χ0v) is 19.5. The number of piperidine rings is 1. The van der Waals surface area contributed by atoms with Crippen LogP contribution in [0.2, 0.25) is 0 Å². The molecule has 0 aliphatic carbocycles. The number of aromatic nitrogens is 2. The highest BCUT2D eigenvalue weighted by molar-refractivity contribution is 5.98. The number of nitrogens with zero attached hydrogens (tertiary/aromatic N) is 3. The lowest BCUT2D eigenvalue weighted by atomic mass is 9.79. The van der Waals surface area contributed by atoms with Crippen LogP contribution in [0.25, 0.3) is 0 Å². The van der Waals surface area contributed by atoms with Crippen molar-refractivity contribution in [2.75, 3.05) is 23.3 Å². The van der Waals surface area contributed by atoms with E-state index in [1.165, 1.54) is 0 Å². The summed E-state index contributed by atoms with van der Waals surface area (Å²) in [6, 6.07) is 19.1. The number of aromatic amines is 1. The van der Waals surface area contributed by atoms with Gasteiger partial charge >= 0.3 is 0 Å². The fourth-order valence-electron chi connectivity index (χ4n) is 4.90. The van der Waals surface area contributed by atoms with E-state index in [0.29, 0.717) is 35.3 Å². The fourth-order valence-corrected chi connectivity index (χ4v) is 4.90. The second kappa shape index (κ2) is 9.63. The van der Waals surface area contributed by atoms with Crippen molar-refractivity contribution in [2.24, 2.45) is 11.8 Å². The van der Waals surface area contributed by atoms with Crippen LogP contribution in [-0.2, 0) is 11.4 Å². The first-order chi connectivity index (χ1) is 17.0. The molecule has 8 heteroatoms. The minimum Gasteiger partial charge on any atom is -0.489 e. The highest BCUT2D eigenvalue weighted by Gasteiger charge is 2.40. The van der Waals surface area contributed by atoms with Gasteiger partial charge in [-0.3, -0.25) is 14.6 Å². The normalized spacial score (nSPS) is 21.5. The predicted octanol–water partition coefficient (Wildman–Crippen LogP) is 3.81. The maximum atomic E-state index is 13.3. The second-order valence-corrected chi connectivity index (χ2v) is 9.26. The Hall–Kier alpha value is -4.12. The Labute approximate surface area is 203 Å². The molecule has 1 amide bonds. The van der Waals surface area contributed by atoms with Gasteiger partial charge in [-0.05, 0) is 42.0 Å². The molecule has 3 heterocycles. The van der Waals surface area contributed by atoms with Crippen LogP contribution in [0.3, 0.4) is 0 Å². The summed E-state index contributed by atoms with van der Waals surface area (Å²) >= 11 is 0. The van der Waals surface area contributed by atoms with Gasteiger partial charge in [0, 0.05) is 19.0 Å². The van der Waals surface area contributed by atoms with Crippen LogP contribution in [0.1, 0.15) is 42.4 Å². The molecular weight excluding hydrogens is 442 g/mol. The standard InChI is InChI=1S/C27H27N5O3/c1-17-6-5-13-32(15-17)27-30-24-23(26(34)31-27)22(21(14-28)25(33)29-24)19-9-11-20(12-10-19)35-16-18-7-3-2-4-8-18/h2-4,7-12,17,21-22H,5-6,13,15-16H2,1H3,(H2,29,30,31,33,34). The van der Waals surface area contributed by atoms with Crippen molar-refractivity contribution in [3.63, 3.8) is 0 Å². The zero-order valence-electron chi connectivity index (χ0n) is 19.5. The summed E-state index contributed by atoms with van der Waals surface area (Å²) in [5.74, 6) is -0.371. The molecule has 35 heavy (non-hydrogen) atoms. The SMILES string of the molecule is CC1CCCN(c2nc3c(c(=O)[nH]2)C(c2ccc(OCc4ccccc4)cc2)C(C#N)C(=O)N3)C1. The molecule has 2 aliphatic rings. The van der Waals surface area contributed by atoms with Crippen LogP contribution in [0.5, 0.6) is 5.75 Å². The van der Waals surface area contributed by atoms with E-state index in [-0.39, 0.29) is 11.4 Å². The number of H-pyrrole nitrogens is 1. The maximum absolute atomic E-state index is 13.3. The van der Waals surface area contributed by atoms with Crippen molar-refractivity contribution >= 4 is 17.7 Å². The summed E-state index contributed by atoms with van der Waals surface area (Å²) in [5.41, 5.74) is 1.71. The number of anilines is 2. The monoisotopic (exact) mass is 469 g/mol. The van der Waals surface area contributed by atoms with Crippen molar-refractivity contribution in [2.45, 2.75) is 32.3 Å². The molecule has 0 spiro atoms. The molecule has 0 radical (unpaired) electrons. The lowest BCUT2D eigenvalue weighted by Crippen LogP contribution is -2.41.